The second-order valence-corrected chi connectivity index (χ2v) is 6.15. The molecule has 0 fully saturated rings. The van der Waals surface area contributed by atoms with Gasteiger partial charge in [0.2, 0.25) is 5.91 Å². The topological polar surface area (TPSA) is 55.3 Å². The molecule has 0 atom stereocenters. The fourth-order valence-corrected chi connectivity index (χ4v) is 2.98. The van der Waals surface area contributed by atoms with Crippen molar-refractivity contribution in [3.05, 3.63) is 35.3 Å². The lowest BCUT2D eigenvalue weighted by atomic mass is 10.2. The number of carbonyl (C=O) groups is 1. The third-order valence-corrected chi connectivity index (χ3v) is 4.51. The maximum atomic E-state index is 12.0. The van der Waals surface area contributed by atoms with Crippen molar-refractivity contribution in [1.29, 1.82) is 0 Å². The van der Waals surface area contributed by atoms with E-state index < -0.39 is 0 Å². The Morgan fingerprint density at radius 3 is 2.75 bits per heavy atom. The van der Waals surface area contributed by atoms with Crippen molar-refractivity contribution in [1.82, 2.24) is 15.1 Å². The molecule has 1 aromatic carbocycles. The molecular formula is C13H15N3O2S2. The van der Waals surface area contributed by atoms with E-state index in [-0.39, 0.29) is 5.91 Å². The van der Waals surface area contributed by atoms with Gasteiger partial charge in [-0.2, -0.15) is 0 Å². The highest BCUT2D eigenvalue weighted by atomic mass is 32.2. The van der Waals surface area contributed by atoms with E-state index in [1.54, 1.807) is 24.6 Å². The highest BCUT2D eigenvalue weighted by Gasteiger charge is 2.11. The first-order chi connectivity index (χ1) is 9.69. The van der Waals surface area contributed by atoms with Gasteiger partial charge in [0, 0.05) is 13.6 Å². The zero-order valence-electron chi connectivity index (χ0n) is 11.3. The molecule has 2 rings (SSSR count). The average Bonchev–Trinajstić information content (AvgIpc) is 2.98. The third-order valence-electron chi connectivity index (χ3n) is 2.66. The van der Waals surface area contributed by atoms with Crippen molar-refractivity contribution in [2.75, 3.05) is 19.9 Å². The molecule has 0 bridgehead atoms. The van der Waals surface area contributed by atoms with E-state index in [4.69, 9.17) is 4.74 Å². The summed E-state index contributed by atoms with van der Waals surface area (Å²) < 4.78 is 5.92. The second-order valence-electron chi connectivity index (χ2n) is 4.09. The van der Waals surface area contributed by atoms with Crippen LogP contribution in [0.5, 0.6) is 5.75 Å². The van der Waals surface area contributed by atoms with Gasteiger partial charge >= 0.3 is 0 Å². The molecule has 2 aromatic rings. The lowest BCUT2D eigenvalue weighted by molar-refractivity contribution is -0.127. The number of thioether (sulfide) groups is 1. The zero-order chi connectivity index (χ0) is 14.4. The van der Waals surface area contributed by atoms with Crippen LogP contribution in [0.4, 0.5) is 0 Å². The quantitative estimate of drug-likeness (QED) is 0.766. The molecule has 0 N–H and O–H groups in total. The van der Waals surface area contributed by atoms with E-state index >= 15 is 0 Å². The van der Waals surface area contributed by atoms with Crippen molar-refractivity contribution in [2.45, 2.75) is 10.9 Å². The Kier molecular flexibility index (Phi) is 5.37. The number of amides is 1. The summed E-state index contributed by atoms with van der Waals surface area (Å²) in [5.41, 5.74) is 2.73. The van der Waals surface area contributed by atoms with Crippen molar-refractivity contribution in [3.8, 4) is 5.75 Å². The predicted octanol–water partition coefficient (Wildman–Crippen LogP) is 2.30. The molecule has 0 radical (unpaired) electrons. The summed E-state index contributed by atoms with van der Waals surface area (Å²) in [6.07, 6.45) is 0. The van der Waals surface area contributed by atoms with Crippen LogP contribution in [0.25, 0.3) is 0 Å². The van der Waals surface area contributed by atoms with Gasteiger partial charge in [0.25, 0.3) is 0 Å². The molecule has 0 saturated heterocycles. The minimum Gasteiger partial charge on any atom is -0.497 e. The van der Waals surface area contributed by atoms with Gasteiger partial charge in [-0.3, -0.25) is 4.79 Å². The number of methoxy groups -OCH3 is 1. The molecule has 0 spiro atoms. The number of ether oxygens (including phenoxy) is 1. The van der Waals surface area contributed by atoms with Crippen LogP contribution in [0.15, 0.2) is 34.1 Å². The highest BCUT2D eigenvalue weighted by Crippen LogP contribution is 2.19. The maximum Gasteiger partial charge on any atom is 0.233 e. The van der Waals surface area contributed by atoms with Gasteiger partial charge in [0.1, 0.15) is 11.3 Å². The molecule has 5 nitrogen and oxygen atoms in total. The van der Waals surface area contributed by atoms with E-state index in [1.165, 1.54) is 23.1 Å². The molecule has 106 valence electrons. The molecule has 0 saturated carbocycles. The van der Waals surface area contributed by atoms with Crippen LogP contribution >= 0.6 is 23.1 Å². The molecule has 1 amide bonds. The van der Waals surface area contributed by atoms with Crippen LogP contribution in [0.2, 0.25) is 0 Å². The van der Waals surface area contributed by atoms with Crippen LogP contribution in [0, 0.1) is 0 Å². The standard InChI is InChI=1S/C13H15N3O2S2/c1-16(7-10-3-5-11(18-2)6-4-10)12(17)8-19-13-15-14-9-20-13/h3-6,9H,7-8H2,1-2H3. The van der Waals surface area contributed by atoms with E-state index in [9.17, 15) is 4.79 Å². The van der Waals surface area contributed by atoms with Gasteiger partial charge < -0.3 is 9.64 Å². The highest BCUT2D eigenvalue weighted by molar-refractivity contribution is 8.01. The Morgan fingerprint density at radius 1 is 1.40 bits per heavy atom. The number of benzene rings is 1. The Hall–Kier alpha value is -1.60. The number of hydrogen-bond acceptors (Lipinski definition) is 6. The molecule has 1 heterocycles. The summed E-state index contributed by atoms with van der Waals surface area (Å²) >= 11 is 2.85. The Bertz CT molecular complexity index is 543. The lowest BCUT2D eigenvalue weighted by Gasteiger charge is -2.16. The van der Waals surface area contributed by atoms with Crippen molar-refractivity contribution in [2.24, 2.45) is 0 Å². The summed E-state index contributed by atoms with van der Waals surface area (Å²) in [6.45, 7) is 0.583. The van der Waals surface area contributed by atoms with Crippen molar-refractivity contribution < 1.29 is 9.53 Å². The van der Waals surface area contributed by atoms with Gasteiger partial charge in [0.15, 0.2) is 4.34 Å². The lowest BCUT2D eigenvalue weighted by Crippen LogP contribution is -2.27. The molecule has 1 aromatic heterocycles. The van der Waals surface area contributed by atoms with E-state index in [0.29, 0.717) is 12.3 Å². The molecule has 7 heteroatoms. The van der Waals surface area contributed by atoms with Crippen LogP contribution in [0.1, 0.15) is 5.56 Å². The summed E-state index contributed by atoms with van der Waals surface area (Å²) in [5.74, 6) is 1.26. The fraction of sp³-hybridized carbons (Fsp3) is 0.308. The first kappa shape index (κ1) is 14.8. The number of aromatic nitrogens is 2. The van der Waals surface area contributed by atoms with Crippen molar-refractivity contribution >= 4 is 29.0 Å². The smallest absolute Gasteiger partial charge is 0.233 e. The predicted molar refractivity (Wildman–Crippen MR) is 80.1 cm³/mol. The van der Waals surface area contributed by atoms with Gasteiger partial charge in [-0.1, -0.05) is 35.2 Å². The Morgan fingerprint density at radius 2 is 2.15 bits per heavy atom. The minimum atomic E-state index is 0.0704. The first-order valence-electron chi connectivity index (χ1n) is 5.95. The average molecular weight is 309 g/mol. The van der Waals surface area contributed by atoms with Crippen LogP contribution < -0.4 is 4.74 Å². The van der Waals surface area contributed by atoms with Crippen LogP contribution in [0.3, 0.4) is 0 Å². The van der Waals surface area contributed by atoms with Gasteiger partial charge in [0.05, 0.1) is 12.9 Å². The van der Waals surface area contributed by atoms with Crippen molar-refractivity contribution in [3.63, 3.8) is 0 Å². The summed E-state index contributed by atoms with van der Waals surface area (Å²) in [6, 6.07) is 7.70. The van der Waals surface area contributed by atoms with Gasteiger partial charge in [-0.25, -0.2) is 0 Å². The number of rotatable bonds is 6. The molecule has 0 aliphatic heterocycles. The van der Waals surface area contributed by atoms with Gasteiger partial charge in [-0.15, -0.1) is 10.2 Å². The fourth-order valence-electron chi connectivity index (χ4n) is 1.55. The SMILES string of the molecule is COc1ccc(CN(C)C(=O)CSc2nncs2)cc1. The van der Waals surface area contributed by atoms with Crippen LogP contribution in [-0.2, 0) is 11.3 Å². The largest absolute Gasteiger partial charge is 0.497 e. The number of carbonyl (C=O) groups excluding carboxylic acids is 1. The van der Waals surface area contributed by atoms with Crippen LogP contribution in [-0.4, -0.2) is 40.9 Å². The van der Waals surface area contributed by atoms with E-state index in [0.717, 1.165) is 15.7 Å². The summed E-state index contributed by atoms with van der Waals surface area (Å²) in [4.78, 5) is 13.7. The van der Waals surface area contributed by atoms with E-state index in [1.807, 2.05) is 24.3 Å². The third kappa shape index (κ3) is 4.21. The molecule has 0 aliphatic carbocycles. The zero-order valence-corrected chi connectivity index (χ0v) is 12.9. The number of nitrogens with zero attached hydrogens (tertiary/aromatic N) is 3. The summed E-state index contributed by atoms with van der Waals surface area (Å²) in [7, 11) is 3.43. The maximum absolute atomic E-state index is 12.0. The normalized spacial score (nSPS) is 10.3. The monoisotopic (exact) mass is 309 g/mol. The van der Waals surface area contributed by atoms with E-state index in [2.05, 4.69) is 10.2 Å². The summed E-state index contributed by atoms with van der Waals surface area (Å²) in [5, 5.41) is 7.64. The van der Waals surface area contributed by atoms with Gasteiger partial charge in [-0.05, 0) is 17.7 Å². The molecule has 0 unspecified atom stereocenters. The Labute approximate surface area is 126 Å². The minimum absolute atomic E-state index is 0.0704. The Balaban J connectivity index is 1.83. The first-order valence-corrected chi connectivity index (χ1v) is 7.81. The second kappa shape index (κ2) is 7.25. The molecule has 20 heavy (non-hydrogen) atoms. The number of hydrogen-bond donors (Lipinski definition) is 0. The molecule has 0 aliphatic rings. The molecular weight excluding hydrogens is 294 g/mol.